The summed E-state index contributed by atoms with van der Waals surface area (Å²) in [5.74, 6) is -1.76. The molecule has 0 aromatic heterocycles. The number of rotatable bonds is 11. The van der Waals surface area contributed by atoms with Gasteiger partial charge in [0.1, 0.15) is 0 Å². The normalized spacial score (nSPS) is 13.3. The molecule has 1 aromatic rings. The maximum Gasteiger partial charge on any atom is 0.192 e. The van der Waals surface area contributed by atoms with Gasteiger partial charge in [-0.1, -0.05) is 89.1 Å². The van der Waals surface area contributed by atoms with Gasteiger partial charge in [0.25, 0.3) is 0 Å². The summed E-state index contributed by atoms with van der Waals surface area (Å²) in [6, 6.07) is 9.28. The summed E-state index contributed by atoms with van der Waals surface area (Å²) in [6.45, 7) is 4.36. The molecular weight excluding hydrogens is 260 g/mol. The minimum atomic E-state index is -1.69. The zero-order chi connectivity index (χ0) is 15.6. The van der Waals surface area contributed by atoms with Gasteiger partial charge in [-0.2, -0.15) is 0 Å². The van der Waals surface area contributed by atoms with Crippen molar-refractivity contribution in [1.29, 1.82) is 0 Å². The van der Waals surface area contributed by atoms with E-state index < -0.39 is 5.79 Å². The molecule has 0 saturated heterocycles. The van der Waals surface area contributed by atoms with Crippen molar-refractivity contribution in [1.82, 2.24) is 0 Å². The standard InChI is InChI=1S/C19H32O2/c1-3-5-7-8-10-14-17(13-6-4-2)19(20,21)18-15-11-9-12-16-18/h9,11-12,15-17,20-21H,3-8,10,13-14H2,1-2H3. The third kappa shape index (κ3) is 6.19. The molecule has 0 aliphatic heterocycles. The zero-order valence-electron chi connectivity index (χ0n) is 13.7. The third-order valence-electron chi connectivity index (χ3n) is 4.33. The van der Waals surface area contributed by atoms with Gasteiger partial charge in [0.15, 0.2) is 5.79 Å². The lowest BCUT2D eigenvalue weighted by molar-refractivity contribution is -0.213. The summed E-state index contributed by atoms with van der Waals surface area (Å²) in [4.78, 5) is 0. The van der Waals surface area contributed by atoms with Gasteiger partial charge in [-0.05, 0) is 12.8 Å². The Bertz CT molecular complexity index is 359. The Morgan fingerprint density at radius 2 is 1.38 bits per heavy atom. The lowest BCUT2D eigenvalue weighted by atomic mass is 9.84. The summed E-state index contributed by atoms with van der Waals surface area (Å²) in [7, 11) is 0. The average molecular weight is 292 g/mol. The number of hydrogen-bond donors (Lipinski definition) is 2. The van der Waals surface area contributed by atoms with Crippen LogP contribution in [0.4, 0.5) is 0 Å². The molecule has 1 unspecified atom stereocenters. The van der Waals surface area contributed by atoms with Gasteiger partial charge in [0.05, 0.1) is 0 Å². The smallest absolute Gasteiger partial charge is 0.192 e. The Balaban J connectivity index is 2.62. The molecular formula is C19H32O2. The topological polar surface area (TPSA) is 40.5 Å². The van der Waals surface area contributed by atoms with Crippen LogP contribution in [0.25, 0.3) is 0 Å². The predicted molar refractivity (Wildman–Crippen MR) is 88.9 cm³/mol. The molecule has 2 nitrogen and oxygen atoms in total. The minimum Gasteiger partial charge on any atom is -0.362 e. The summed E-state index contributed by atoms with van der Waals surface area (Å²) >= 11 is 0. The monoisotopic (exact) mass is 292 g/mol. The van der Waals surface area contributed by atoms with E-state index in [1.165, 1.54) is 25.7 Å². The number of hydrogen-bond acceptors (Lipinski definition) is 2. The molecule has 21 heavy (non-hydrogen) atoms. The number of benzene rings is 1. The van der Waals surface area contributed by atoms with Crippen LogP contribution < -0.4 is 0 Å². The van der Waals surface area contributed by atoms with Gasteiger partial charge >= 0.3 is 0 Å². The van der Waals surface area contributed by atoms with Crippen molar-refractivity contribution in [3.63, 3.8) is 0 Å². The van der Waals surface area contributed by atoms with Gasteiger partial charge in [0.2, 0.25) is 0 Å². The number of aliphatic hydroxyl groups is 2. The maximum absolute atomic E-state index is 10.6. The predicted octanol–water partition coefficient (Wildman–Crippen LogP) is 4.99. The zero-order valence-corrected chi connectivity index (χ0v) is 13.7. The van der Waals surface area contributed by atoms with E-state index in [9.17, 15) is 10.2 Å². The molecule has 0 aliphatic rings. The van der Waals surface area contributed by atoms with Crippen LogP contribution in [-0.4, -0.2) is 10.2 Å². The Morgan fingerprint density at radius 3 is 2.00 bits per heavy atom. The molecule has 0 spiro atoms. The van der Waals surface area contributed by atoms with E-state index >= 15 is 0 Å². The molecule has 1 atom stereocenters. The Kier molecular flexibility index (Phi) is 8.63. The van der Waals surface area contributed by atoms with Crippen LogP contribution >= 0.6 is 0 Å². The van der Waals surface area contributed by atoms with Crippen LogP contribution in [0.2, 0.25) is 0 Å². The first kappa shape index (κ1) is 18.2. The highest BCUT2D eigenvalue weighted by Crippen LogP contribution is 2.34. The van der Waals surface area contributed by atoms with Crippen molar-refractivity contribution in [3.05, 3.63) is 35.9 Å². The molecule has 0 heterocycles. The molecule has 0 aliphatic carbocycles. The Morgan fingerprint density at radius 1 is 0.810 bits per heavy atom. The molecule has 120 valence electrons. The van der Waals surface area contributed by atoms with Crippen LogP contribution in [-0.2, 0) is 5.79 Å². The molecule has 0 saturated carbocycles. The second kappa shape index (κ2) is 9.97. The van der Waals surface area contributed by atoms with Gasteiger partial charge < -0.3 is 10.2 Å². The Hall–Kier alpha value is -0.860. The second-order valence-electron chi connectivity index (χ2n) is 6.13. The van der Waals surface area contributed by atoms with Gasteiger partial charge in [-0.25, -0.2) is 0 Å². The quantitative estimate of drug-likeness (QED) is 0.445. The van der Waals surface area contributed by atoms with Crippen molar-refractivity contribution in [2.75, 3.05) is 0 Å². The minimum absolute atomic E-state index is 0.0681. The van der Waals surface area contributed by atoms with E-state index in [4.69, 9.17) is 0 Å². The molecule has 2 heteroatoms. The number of unbranched alkanes of at least 4 members (excludes halogenated alkanes) is 5. The molecule has 1 rings (SSSR count). The van der Waals surface area contributed by atoms with Crippen molar-refractivity contribution < 1.29 is 10.2 Å². The fraction of sp³-hybridized carbons (Fsp3) is 0.684. The summed E-state index contributed by atoms with van der Waals surface area (Å²) < 4.78 is 0. The summed E-state index contributed by atoms with van der Waals surface area (Å²) in [5, 5.41) is 21.3. The largest absolute Gasteiger partial charge is 0.362 e. The van der Waals surface area contributed by atoms with Crippen LogP contribution in [0.15, 0.2) is 30.3 Å². The summed E-state index contributed by atoms with van der Waals surface area (Å²) in [6.07, 6.45) is 9.98. The molecule has 0 bridgehead atoms. The van der Waals surface area contributed by atoms with Gasteiger partial charge in [0, 0.05) is 11.5 Å². The molecule has 2 N–H and O–H groups in total. The first-order valence-electron chi connectivity index (χ1n) is 8.63. The van der Waals surface area contributed by atoms with Crippen LogP contribution in [0.3, 0.4) is 0 Å². The lowest BCUT2D eigenvalue weighted by Crippen LogP contribution is -2.35. The highest BCUT2D eigenvalue weighted by Gasteiger charge is 2.35. The lowest BCUT2D eigenvalue weighted by Gasteiger charge is -2.32. The fourth-order valence-corrected chi connectivity index (χ4v) is 2.91. The van der Waals surface area contributed by atoms with Crippen molar-refractivity contribution in [2.45, 2.75) is 77.4 Å². The van der Waals surface area contributed by atoms with Gasteiger partial charge in [-0.15, -0.1) is 0 Å². The molecule has 0 fully saturated rings. The molecule has 0 amide bonds. The maximum atomic E-state index is 10.6. The highest BCUT2D eigenvalue weighted by molar-refractivity contribution is 5.20. The van der Waals surface area contributed by atoms with E-state index in [0.717, 1.165) is 32.1 Å². The average Bonchev–Trinajstić information content (AvgIpc) is 2.50. The fourth-order valence-electron chi connectivity index (χ4n) is 2.91. The van der Waals surface area contributed by atoms with E-state index in [-0.39, 0.29) is 5.92 Å². The van der Waals surface area contributed by atoms with Crippen molar-refractivity contribution in [3.8, 4) is 0 Å². The summed E-state index contributed by atoms with van der Waals surface area (Å²) in [5.41, 5.74) is 0.625. The van der Waals surface area contributed by atoms with Crippen LogP contribution in [0.5, 0.6) is 0 Å². The van der Waals surface area contributed by atoms with E-state index in [1.54, 1.807) is 0 Å². The Labute approximate surface area is 130 Å². The van der Waals surface area contributed by atoms with Crippen molar-refractivity contribution in [2.24, 2.45) is 5.92 Å². The third-order valence-corrected chi connectivity index (χ3v) is 4.33. The first-order chi connectivity index (χ1) is 10.1. The molecule has 1 aromatic carbocycles. The second-order valence-corrected chi connectivity index (χ2v) is 6.13. The van der Waals surface area contributed by atoms with Crippen LogP contribution in [0.1, 0.15) is 77.2 Å². The molecule has 0 radical (unpaired) electrons. The SMILES string of the molecule is CCCCCCCC(CCCC)C(O)(O)c1ccccc1. The van der Waals surface area contributed by atoms with E-state index in [1.807, 2.05) is 30.3 Å². The van der Waals surface area contributed by atoms with E-state index in [2.05, 4.69) is 13.8 Å². The van der Waals surface area contributed by atoms with Crippen LogP contribution in [0, 0.1) is 5.92 Å². The van der Waals surface area contributed by atoms with Gasteiger partial charge in [-0.3, -0.25) is 0 Å². The van der Waals surface area contributed by atoms with E-state index in [0.29, 0.717) is 5.56 Å². The first-order valence-corrected chi connectivity index (χ1v) is 8.63. The highest BCUT2D eigenvalue weighted by atomic mass is 16.5. The van der Waals surface area contributed by atoms with Crippen molar-refractivity contribution >= 4 is 0 Å².